The number of sulfone groups is 1. The maximum absolute atomic E-state index is 13.1. The predicted octanol–water partition coefficient (Wildman–Crippen LogP) is 5.47. The molecule has 0 bridgehead atoms. The Morgan fingerprint density at radius 3 is 2.41 bits per heavy atom. The van der Waals surface area contributed by atoms with E-state index in [1.165, 1.54) is 11.8 Å². The molecule has 2 N–H and O–H groups in total. The van der Waals surface area contributed by atoms with Crippen molar-refractivity contribution in [1.82, 2.24) is 15.3 Å². The minimum absolute atomic E-state index is 0.0125. The van der Waals surface area contributed by atoms with Crippen LogP contribution in [0, 0.1) is 0 Å². The highest BCUT2D eigenvalue weighted by molar-refractivity contribution is 8.01. The Kier molecular flexibility index (Phi) is 8.57. The number of hydrogen-bond donors (Lipinski definition) is 2. The highest BCUT2D eigenvalue weighted by Gasteiger charge is 2.33. The zero-order valence-corrected chi connectivity index (χ0v) is 24.7. The van der Waals surface area contributed by atoms with Crippen LogP contribution in [-0.4, -0.2) is 62.0 Å². The number of halogens is 1. The van der Waals surface area contributed by atoms with E-state index in [2.05, 4.69) is 10.6 Å². The number of carbonyl (C=O) groups is 1. The number of nitrogens with zero attached hydrogens (tertiary/aromatic N) is 3. The highest BCUT2D eigenvalue weighted by atomic mass is 35.5. The number of thioether (sulfide) groups is 1. The van der Waals surface area contributed by atoms with Crippen LogP contribution in [0.4, 0.5) is 11.8 Å². The van der Waals surface area contributed by atoms with Gasteiger partial charge in [-0.25, -0.2) is 13.4 Å². The van der Waals surface area contributed by atoms with E-state index in [0.29, 0.717) is 10.2 Å². The zero-order chi connectivity index (χ0) is 26.9. The fourth-order valence-corrected chi connectivity index (χ4v) is 8.93. The molecule has 12 heteroatoms. The first-order valence-corrected chi connectivity index (χ1v) is 16.1. The van der Waals surface area contributed by atoms with Gasteiger partial charge >= 0.3 is 0 Å². The van der Waals surface area contributed by atoms with Crippen molar-refractivity contribution in [3.8, 4) is 0 Å². The van der Waals surface area contributed by atoms with Crippen LogP contribution in [0.15, 0.2) is 33.4 Å². The number of thiophene rings is 1. The zero-order valence-electron chi connectivity index (χ0n) is 21.5. The minimum Gasteiger partial charge on any atom is -0.362 e. The molecule has 0 unspecified atom stereocenters. The Morgan fingerprint density at radius 2 is 1.78 bits per heavy atom. The first-order valence-electron chi connectivity index (χ1n) is 12.1. The second-order valence-electron chi connectivity index (χ2n) is 9.61. The van der Waals surface area contributed by atoms with E-state index in [1.807, 2.05) is 43.3 Å². The van der Waals surface area contributed by atoms with E-state index in [9.17, 15) is 13.2 Å². The summed E-state index contributed by atoms with van der Waals surface area (Å²) < 4.78 is 26.2. The maximum Gasteiger partial charge on any atom is 0.263 e. The third-order valence-electron chi connectivity index (χ3n) is 6.48. The summed E-state index contributed by atoms with van der Waals surface area (Å²) in [6.45, 7) is 3.23. The summed E-state index contributed by atoms with van der Waals surface area (Å²) in [5.41, 5.74) is 0.890. The molecule has 0 saturated heterocycles. The van der Waals surface area contributed by atoms with Crippen LogP contribution < -0.4 is 15.5 Å². The largest absolute Gasteiger partial charge is 0.362 e. The normalized spacial score (nSPS) is 18.2. The molecule has 1 saturated carbocycles. The second-order valence-corrected chi connectivity index (χ2v) is 14.5. The lowest BCUT2D eigenvalue weighted by Gasteiger charge is -2.30. The summed E-state index contributed by atoms with van der Waals surface area (Å²) >= 11 is 8.90. The van der Waals surface area contributed by atoms with Gasteiger partial charge < -0.3 is 15.5 Å². The number of nitrogens with one attached hydrogen (secondary N) is 2. The van der Waals surface area contributed by atoms with E-state index in [4.69, 9.17) is 21.6 Å². The van der Waals surface area contributed by atoms with Crippen molar-refractivity contribution in [3.63, 3.8) is 0 Å². The molecule has 200 valence electrons. The van der Waals surface area contributed by atoms with Crippen molar-refractivity contribution in [1.29, 1.82) is 0 Å². The molecule has 4 rings (SSSR count). The van der Waals surface area contributed by atoms with Gasteiger partial charge in [0.25, 0.3) is 5.91 Å². The van der Waals surface area contributed by atoms with E-state index in [0.717, 1.165) is 53.7 Å². The van der Waals surface area contributed by atoms with Crippen LogP contribution in [0.1, 0.15) is 49.2 Å². The van der Waals surface area contributed by atoms with Crippen LogP contribution in [0.5, 0.6) is 0 Å². The van der Waals surface area contributed by atoms with Crippen LogP contribution in [-0.2, 0) is 9.84 Å². The molecule has 1 aliphatic rings. The number of para-hydroxylation sites is 1. The lowest BCUT2D eigenvalue weighted by molar-refractivity contribution is 0.0930. The van der Waals surface area contributed by atoms with Gasteiger partial charge in [0.15, 0.2) is 9.84 Å². The number of rotatable bonds is 8. The lowest BCUT2D eigenvalue weighted by Crippen LogP contribution is -2.40. The SMILES string of the molecule is CSc1sc(C(=O)N[C@H]2CC[C@@H](Nc3nc(N(C)C)c4ccccc4n3)CC2)c(Cl)c1S(=O)(=O)C(C)C. The van der Waals surface area contributed by atoms with Gasteiger partial charge in [-0.05, 0) is 57.9 Å². The van der Waals surface area contributed by atoms with Gasteiger partial charge in [-0.15, -0.1) is 23.1 Å². The first kappa shape index (κ1) is 27.9. The summed E-state index contributed by atoms with van der Waals surface area (Å²) in [6.07, 6.45) is 5.05. The standard InChI is InChI=1S/C25H32ClN5O3S3/c1-14(2)37(33,34)21-19(26)20(36-24(21)35-5)23(32)27-15-10-12-16(13-11-15)28-25-29-18-9-7-6-8-17(18)22(30-25)31(3)4/h6-9,14-16H,10-13H2,1-5H3,(H,27,32)(H,28,29,30)/t15-,16+. The molecular formula is C25H32ClN5O3S3. The van der Waals surface area contributed by atoms with Gasteiger partial charge in [-0.2, -0.15) is 4.98 Å². The lowest BCUT2D eigenvalue weighted by atomic mass is 9.91. The number of benzene rings is 1. The number of aromatic nitrogens is 2. The van der Waals surface area contributed by atoms with Crippen LogP contribution in [0.25, 0.3) is 10.9 Å². The van der Waals surface area contributed by atoms with E-state index < -0.39 is 15.1 Å². The smallest absolute Gasteiger partial charge is 0.263 e. The monoisotopic (exact) mass is 581 g/mol. The Labute approximate surface area is 231 Å². The summed E-state index contributed by atoms with van der Waals surface area (Å²) in [4.78, 5) is 24.8. The van der Waals surface area contributed by atoms with Crippen molar-refractivity contribution >= 4 is 73.1 Å². The molecule has 0 radical (unpaired) electrons. The molecule has 3 aromatic rings. The Bertz CT molecular complexity index is 1400. The summed E-state index contributed by atoms with van der Waals surface area (Å²) in [5, 5.41) is 6.96. The van der Waals surface area contributed by atoms with Crippen LogP contribution >= 0.6 is 34.7 Å². The van der Waals surface area contributed by atoms with Gasteiger partial charge in [0.1, 0.15) is 15.6 Å². The van der Waals surface area contributed by atoms with Crippen molar-refractivity contribution in [3.05, 3.63) is 34.2 Å². The summed E-state index contributed by atoms with van der Waals surface area (Å²) in [5.74, 6) is 1.15. The van der Waals surface area contributed by atoms with E-state index in [1.54, 1.807) is 20.1 Å². The Balaban J connectivity index is 1.42. The van der Waals surface area contributed by atoms with Gasteiger partial charge in [0.2, 0.25) is 5.95 Å². The van der Waals surface area contributed by atoms with Gasteiger partial charge in [-0.1, -0.05) is 23.7 Å². The van der Waals surface area contributed by atoms with E-state index >= 15 is 0 Å². The molecular weight excluding hydrogens is 550 g/mol. The van der Waals surface area contributed by atoms with Crippen molar-refractivity contribution in [2.24, 2.45) is 0 Å². The molecule has 0 aliphatic heterocycles. The number of amides is 1. The molecule has 1 aromatic carbocycles. The molecule has 37 heavy (non-hydrogen) atoms. The molecule has 1 fully saturated rings. The third-order valence-corrected chi connectivity index (χ3v) is 11.9. The highest BCUT2D eigenvalue weighted by Crippen LogP contribution is 2.43. The van der Waals surface area contributed by atoms with Crippen molar-refractivity contribution < 1.29 is 13.2 Å². The maximum atomic E-state index is 13.1. The van der Waals surface area contributed by atoms with Crippen LogP contribution in [0.2, 0.25) is 5.02 Å². The number of carbonyl (C=O) groups excluding carboxylic acids is 1. The Hall–Kier alpha value is -2.08. The van der Waals surface area contributed by atoms with Crippen molar-refractivity contribution in [2.75, 3.05) is 30.6 Å². The molecule has 1 amide bonds. The average molecular weight is 582 g/mol. The topological polar surface area (TPSA) is 104 Å². The molecule has 2 aromatic heterocycles. The fourth-order valence-electron chi connectivity index (χ4n) is 4.41. The average Bonchev–Trinajstić information content (AvgIpc) is 3.21. The molecule has 2 heterocycles. The van der Waals surface area contributed by atoms with Gasteiger partial charge in [-0.3, -0.25) is 4.79 Å². The van der Waals surface area contributed by atoms with Crippen molar-refractivity contribution in [2.45, 2.75) is 66.0 Å². The number of hydrogen-bond acceptors (Lipinski definition) is 9. The first-order chi connectivity index (χ1) is 17.5. The van der Waals surface area contributed by atoms with Crippen LogP contribution in [0.3, 0.4) is 0 Å². The minimum atomic E-state index is -3.60. The van der Waals surface area contributed by atoms with Gasteiger partial charge in [0, 0.05) is 31.6 Å². The predicted molar refractivity (Wildman–Crippen MR) is 154 cm³/mol. The number of fused-ring (bicyclic) bond motifs is 1. The molecule has 1 aliphatic carbocycles. The summed E-state index contributed by atoms with van der Waals surface area (Å²) in [6, 6.07) is 8.14. The third kappa shape index (κ3) is 5.84. The Morgan fingerprint density at radius 1 is 1.14 bits per heavy atom. The van der Waals surface area contributed by atoms with Gasteiger partial charge in [0.05, 0.1) is 20.0 Å². The number of anilines is 2. The van der Waals surface area contributed by atoms with E-state index in [-0.39, 0.29) is 32.8 Å². The second kappa shape index (κ2) is 11.3. The molecule has 0 atom stereocenters. The quantitative estimate of drug-likeness (QED) is 0.338. The fraction of sp³-hybridized carbons (Fsp3) is 0.480. The molecule has 0 spiro atoms. The molecule has 8 nitrogen and oxygen atoms in total. The summed E-state index contributed by atoms with van der Waals surface area (Å²) in [7, 11) is 0.335.